The Labute approximate surface area is 128 Å². The van der Waals surface area contributed by atoms with Gasteiger partial charge in [-0.15, -0.1) is 0 Å². The van der Waals surface area contributed by atoms with Crippen LogP contribution in [-0.2, 0) is 16.1 Å². The number of nitrogens with zero attached hydrogens (tertiary/aromatic N) is 3. The molecule has 0 radical (unpaired) electrons. The maximum absolute atomic E-state index is 12.3. The van der Waals surface area contributed by atoms with E-state index in [9.17, 15) is 14.7 Å². The summed E-state index contributed by atoms with van der Waals surface area (Å²) in [7, 11) is 0. The summed E-state index contributed by atoms with van der Waals surface area (Å²) in [6.45, 7) is 1.77. The summed E-state index contributed by atoms with van der Waals surface area (Å²) in [6.07, 6.45) is 5.46. The lowest BCUT2D eigenvalue weighted by molar-refractivity contribution is -0.179. The smallest absolute Gasteiger partial charge is 0.347 e. The summed E-state index contributed by atoms with van der Waals surface area (Å²) in [5.74, 6) is -0.102. The van der Waals surface area contributed by atoms with Gasteiger partial charge in [0.1, 0.15) is 6.54 Å². The van der Waals surface area contributed by atoms with Gasteiger partial charge in [0.25, 0.3) is 0 Å². The third kappa shape index (κ3) is 2.91. The van der Waals surface area contributed by atoms with Crippen molar-refractivity contribution >= 4 is 5.91 Å². The van der Waals surface area contributed by atoms with Crippen LogP contribution in [0.5, 0.6) is 0 Å². The average Bonchev–Trinajstić information content (AvgIpc) is 2.53. The van der Waals surface area contributed by atoms with Crippen LogP contribution in [0.3, 0.4) is 0 Å². The Morgan fingerprint density at radius 3 is 2.91 bits per heavy atom. The number of amides is 1. The van der Waals surface area contributed by atoms with Crippen LogP contribution in [0.2, 0.25) is 0 Å². The van der Waals surface area contributed by atoms with Crippen molar-refractivity contribution in [3.05, 3.63) is 28.9 Å². The van der Waals surface area contributed by atoms with Gasteiger partial charge in [-0.3, -0.25) is 9.36 Å². The fourth-order valence-corrected chi connectivity index (χ4v) is 3.28. The molecule has 2 aliphatic heterocycles. The Balaban J connectivity index is 1.60. The monoisotopic (exact) mass is 307 g/mol. The number of ether oxygens (including phenoxy) is 1. The molecule has 1 aromatic heterocycles. The summed E-state index contributed by atoms with van der Waals surface area (Å²) < 4.78 is 7.14. The van der Waals surface area contributed by atoms with Crippen LogP contribution in [0, 0.1) is 0 Å². The Kier molecular flexibility index (Phi) is 4.26. The van der Waals surface area contributed by atoms with Crippen LogP contribution in [-0.4, -0.2) is 56.9 Å². The first kappa shape index (κ1) is 15.2. The van der Waals surface area contributed by atoms with Gasteiger partial charge in [-0.2, -0.15) is 0 Å². The second-order valence-electron chi connectivity index (χ2n) is 5.98. The molecule has 1 spiro atoms. The zero-order valence-corrected chi connectivity index (χ0v) is 12.5. The lowest BCUT2D eigenvalue weighted by Gasteiger charge is -2.46. The van der Waals surface area contributed by atoms with E-state index in [0.717, 1.165) is 12.8 Å². The van der Waals surface area contributed by atoms with Crippen molar-refractivity contribution in [3.8, 4) is 0 Å². The molecular weight excluding hydrogens is 286 g/mol. The molecule has 120 valence electrons. The van der Waals surface area contributed by atoms with Gasteiger partial charge in [0, 0.05) is 32.1 Å². The Morgan fingerprint density at radius 1 is 1.45 bits per heavy atom. The molecule has 0 bridgehead atoms. The fraction of sp³-hybridized carbons (Fsp3) is 0.667. The first-order chi connectivity index (χ1) is 10.6. The molecule has 7 heteroatoms. The van der Waals surface area contributed by atoms with Gasteiger partial charge in [-0.05, 0) is 31.7 Å². The molecule has 0 aliphatic carbocycles. The third-order valence-corrected chi connectivity index (χ3v) is 4.67. The number of aromatic nitrogens is 2. The van der Waals surface area contributed by atoms with Crippen molar-refractivity contribution in [1.29, 1.82) is 0 Å². The topological polar surface area (TPSA) is 84.7 Å². The highest BCUT2D eigenvalue weighted by Gasteiger charge is 2.44. The normalized spacial score (nSPS) is 24.4. The molecule has 1 amide bonds. The second-order valence-corrected chi connectivity index (χ2v) is 5.98. The van der Waals surface area contributed by atoms with Crippen LogP contribution in [0.15, 0.2) is 23.3 Å². The Hall–Kier alpha value is -1.73. The highest BCUT2D eigenvalue weighted by atomic mass is 16.5. The minimum atomic E-state index is -0.486. The maximum Gasteiger partial charge on any atom is 0.347 e. The summed E-state index contributed by atoms with van der Waals surface area (Å²) >= 11 is 0. The fourth-order valence-electron chi connectivity index (χ4n) is 3.28. The number of carbonyl (C=O) groups excluding carboxylic acids is 1. The summed E-state index contributed by atoms with van der Waals surface area (Å²) in [5, 5.41) is 10.2. The van der Waals surface area contributed by atoms with Gasteiger partial charge in [0.05, 0.1) is 11.7 Å². The molecule has 2 aliphatic rings. The van der Waals surface area contributed by atoms with E-state index < -0.39 is 17.4 Å². The van der Waals surface area contributed by atoms with E-state index in [1.807, 2.05) is 0 Å². The number of aliphatic hydroxyl groups is 1. The van der Waals surface area contributed by atoms with Gasteiger partial charge >= 0.3 is 5.69 Å². The first-order valence-corrected chi connectivity index (χ1v) is 7.72. The summed E-state index contributed by atoms with van der Waals surface area (Å²) in [4.78, 5) is 29.2. The second kappa shape index (κ2) is 6.18. The van der Waals surface area contributed by atoms with Crippen molar-refractivity contribution < 1.29 is 14.6 Å². The molecule has 2 fully saturated rings. The van der Waals surface area contributed by atoms with Crippen molar-refractivity contribution in [1.82, 2.24) is 14.5 Å². The highest BCUT2D eigenvalue weighted by molar-refractivity contribution is 5.76. The number of carbonyl (C=O) groups is 1. The Bertz CT molecular complexity index is 592. The predicted molar refractivity (Wildman–Crippen MR) is 78.2 cm³/mol. The minimum Gasteiger partial charge on any atom is -0.390 e. The number of likely N-dealkylation sites (tertiary alicyclic amines) is 1. The molecule has 1 atom stereocenters. The number of aliphatic hydroxyl groups excluding tert-OH is 1. The molecule has 1 aromatic rings. The van der Waals surface area contributed by atoms with E-state index in [4.69, 9.17) is 4.74 Å². The number of hydrogen-bond acceptors (Lipinski definition) is 5. The lowest BCUT2D eigenvalue weighted by atomic mass is 9.82. The predicted octanol–water partition coefficient (Wildman–Crippen LogP) is -0.224. The van der Waals surface area contributed by atoms with Gasteiger partial charge in [0.15, 0.2) is 0 Å². The molecule has 0 aromatic carbocycles. The van der Waals surface area contributed by atoms with Gasteiger partial charge in [-0.25, -0.2) is 9.78 Å². The van der Waals surface area contributed by atoms with Crippen molar-refractivity contribution in [2.75, 3.05) is 19.7 Å². The number of piperidine rings is 1. The molecule has 7 nitrogen and oxygen atoms in total. The third-order valence-electron chi connectivity index (χ3n) is 4.67. The standard InChI is InChI=1S/C15H21N3O4/c19-12-3-1-10-22-15(12)4-8-17(9-5-15)13(20)11-18-7-2-6-16-14(18)21/h2,6-7,12,19H,1,3-5,8-11H2. The van der Waals surface area contributed by atoms with E-state index in [0.29, 0.717) is 32.5 Å². The van der Waals surface area contributed by atoms with E-state index in [1.165, 1.54) is 10.8 Å². The summed E-state index contributed by atoms with van der Waals surface area (Å²) in [6, 6.07) is 1.63. The van der Waals surface area contributed by atoms with Crippen LogP contribution in [0.1, 0.15) is 25.7 Å². The quantitative estimate of drug-likeness (QED) is 0.816. The number of rotatable bonds is 2. The van der Waals surface area contributed by atoms with Crippen LogP contribution in [0.25, 0.3) is 0 Å². The maximum atomic E-state index is 12.3. The van der Waals surface area contributed by atoms with E-state index in [2.05, 4.69) is 4.98 Å². The molecule has 3 rings (SSSR count). The van der Waals surface area contributed by atoms with Crippen LogP contribution >= 0.6 is 0 Å². The lowest BCUT2D eigenvalue weighted by Crippen LogP contribution is -2.56. The highest BCUT2D eigenvalue weighted by Crippen LogP contribution is 2.35. The van der Waals surface area contributed by atoms with E-state index in [1.54, 1.807) is 17.2 Å². The van der Waals surface area contributed by atoms with Gasteiger partial charge < -0.3 is 14.7 Å². The van der Waals surface area contributed by atoms with Crippen molar-refractivity contribution in [2.24, 2.45) is 0 Å². The molecule has 22 heavy (non-hydrogen) atoms. The molecule has 2 saturated heterocycles. The molecule has 3 heterocycles. The van der Waals surface area contributed by atoms with Gasteiger partial charge in [0.2, 0.25) is 5.91 Å². The number of hydrogen-bond donors (Lipinski definition) is 1. The first-order valence-electron chi connectivity index (χ1n) is 7.72. The van der Waals surface area contributed by atoms with Crippen LogP contribution in [0.4, 0.5) is 0 Å². The zero-order chi connectivity index (χ0) is 15.6. The Morgan fingerprint density at radius 2 is 2.23 bits per heavy atom. The zero-order valence-electron chi connectivity index (χ0n) is 12.5. The van der Waals surface area contributed by atoms with E-state index >= 15 is 0 Å². The van der Waals surface area contributed by atoms with Crippen molar-refractivity contribution in [3.63, 3.8) is 0 Å². The molecule has 1 unspecified atom stereocenters. The van der Waals surface area contributed by atoms with Crippen molar-refractivity contribution in [2.45, 2.75) is 43.9 Å². The average molecular weight is 307 g/mol. The molecule has 1 N–H and O–H groups in total. The minimum absolute atomic E-state index is 0.00306. The SMILES string of the molecule is O=C(Cn1cccnc1=O)N1CCC2(CC1)OCCCC2O. The van der Waals surface area contributed by atoms with Gasteiger partial charge in [-0.1, -0.05) is 0 Å². The van der Waals surface area contributed by atoms with E-state index in [-0.39, 0.29) is 12.5 Å². The summed E-state index contributed by atoms with van der Waals surface area (Å²) in [5.41, 5.74) is -0.907. The van der Waals surface area contributed by atoms with Crippen LogP contribution < -0.4 is 5.69 Å². The molecular formula is C15H21N3O4. The molecule has 0 saturated carbocycles. The largest absolute Gasteiger partial charge is 0.390 e.